The summed E-state index contributed by atoms with van der Waals surface area (Å²) in [6, 6.07) is 74.6. The normalized spacial score (nSPS) is 16.5. The van der Waals surface area contributed by atoms with Crippen LogP contribution in [0, 0.1) is 0 Å². The SMILES string of the molecule is C1=CC(C2(c3ccccc3)c3ccccc3-c3ccc(-c4nc(-c5ccccc5)nc(-c5ccc6c(c5)C(c5ccccc5)(c5ccccc5)c5ccccc5-6)n4)cc32)=CCC1. The van der Waals surface area contributed by atoms with Crippen LogP contribution in [-0.4, -0.2) is 15.0 Å². The molecule has 3 heteroatoms. The molecule has 9 aromatic rings. The topological polar surface area (TPSA) is 38.7 Å². The third kappa shape index (κ3) is 5.34. The number of hydrogen-bond donors (Lipinski definition) is 0. The summed E-state index contributed by atoms with van der Waals surface area (Å²) in [5.41, 5.74) is 16.8. The van der Waals surface area contributed by atoms with Crippen molar-refractivity contribution in [2.75, 3.05) is 0 Å². The van der Waals surface area contributed by atoms with Gasteiger partial charge in [-0.1, -0.05) is 212 Å². The lowest BCUT2D eigenvalue weighted by Crippen LogP contribution is -2.29. The Hall–Kier alpha value is -7.75. The molecule has 0 saturated heterocycles. The minimum Gasteiger partial charge on any atom is -0.208 e. The minimum absolute atomic E-state index is 0.495. The van der Waals surface area contributed by atoms with Crippen molar-refractivity contribution in [3.05, 3.63) is 269 Å². The van der Waals surface area contributed by atoms with Crippen LogP contribution in [0.15, 0.2) is 230 Å². The molecule has 62 heavy (non-hydrogen) atoms. The Kier molecular flexibility index (Phi) is 8.43. The maximum atomic E-state index is 5.42. The average Bonchev–Trinajstić information content (AvgIpc) is 3.83. The van der Waals surface area contributed by atoms with E-state index in [0.717, 1.165) is 29.5 Å². The molecule has 0 aliphatic heterocycles. The number of fused-ring (bicyclic) bond motifs is 6. The number of benzene rings is 8. The van der Waals surface area contributed by atoms with Crippen LogP contribution in [0.4, 0.5) is 0 Å². The molecule has 0 radical (unpaired) electrons. The molecule has 3 aliphatic carbocycles. The van der Waals surface area contributed by atoms with Gasteiger partial charge in [-0.05, 0) is 91.7 Å². The van der Waals surface area contributed by atoms with Gasteiger partial charge in [-0.15, -0.1) is 0 Å². The number of allylic oxidation sites excluding steroid dienone is 4. The first kappa shape index (κ1) is 36.1. The number of rotatable bonds is 7. The molecule has 8 aromatic carbocycles. The van der Waals surface area contributed by atoms with Crippen LogP contribution in [0.25, 0.3) is 56.4 Å². The smallest absolute Gasteiger partial charge is 0.164 e. The molecular formula is C59H41N3. The van der Waals surface area contributed by atoms with E-state index in [-0.39, 0.29) is 0 Å². The molecule has 0 bridgehead atoms. The summed E-state index contributed by atoms with van der Waals surface area (Å²) in [5, 5.41) is 0. The summed E-state index contributed by atoms with van der Waals surface area (Å²) < 4.78 is 0. The third-order valence-electron chi connectivity index (χ3n) is 13.3. The van der Waals surface area contributed by atoms with Crippen molar-refractivity contribution in [3.8, 4) is 56.4 Å². The fourth-order valence-electron chi connectivity index (χ4n) is 10.7. The average molecular weight is 792 g/mol. The number of hydrogen-bond acceptors (Lipinski definition) is 3. The molecule has 3 aliphatic rings. The molecule has 0 N–H and O–H groups in total. The van der Waals surface area contributed by atoms with Gasteiger partial charge in [0, 0.05) is 16.7 Å². The molecular weight excluding hydrogens is 751 g/mol. The molecule has 1 aromatic heterocycles. The molecule has 1 unspecified atom stereocenters. The fraction of sp³-hybridized carbons (Fsp3) is 0.0678. The van der Waals surface area contributed by atoms with Crippen LogP contribution < -0.4 is 0 Å². The zero-order valence-corrected chi connectivity index (χ0v) is 34.1. The monoisotopic (exact) mass is 791 g/mol. The second-order valence-corrected chi connectivity index (χ2v) is 16.5. The van der Waals surface area contributed by atoms with Gasteiger partial charge in [-0.25, -0.2) is 15.0 Å². The largest absolute Gasteiger partial charge is 0.208 e. The Bertz CT molecular complexity index is 3180. The van der Waals surface area contributed by atoms with Crippen LogP contribution in [0.3, 0.4) is 0 Å². The fourth-order valence-corrected chi connectivity index (χ4v) is 10.7. The Morgan fingerprint density at radius 2 is 0.726 bits per heavy atom. The van der Waals surface area contributed by atoms with Crippen LogP contribution in [0.1, 0.15) is 51.8 Å². The van der Waals surface area contributed by atoms with Crippen LogP contribution in [-0.2, 0) is 10.8 Å². The first-order valence-corrected chi connectivity index (χ1v) is 21.6. The highest BCUT2D eigenvalue weighted by molar-refractivity contribution is 5.90. The van der Waals surface area contributed by atoms with Crippen molar-refractivity contribution < 1.29 is 0 Å². The predicted octanol–water partition coefficient (Wildman–Crippen LogP) is 13.8. The van der Waals surface area contributed by atoms with E-state index in [0.29, 0.717) is 17.5 Å². The molecule has 1 heterocycles. The summed E-state index contributed by atoms with van der Waals surface area (Å²) >= 11 is 0. The molecule has 0 amide bonds. The summed E-state index contributed by atoms with van der Waals surface area (Å²) in [6.45, 7) is 0. The summed E-state index contributed by atoms with van der Waals surface area (Å²) in [7, 11) is 0. The standard InChI is InChI=1S/C59H41N3/c1-6-20-40(21-7-1)55-60-56(41-34-36-49-47-30-16-18-32-51(47)58(53(49)38-41,43-22-8-2-9-23-43)44-24-10-3-11-25-44)62-57(61-55)42-35-37-50-48-31-17-19-33-52(48)59(54(50)39-42,45-26-12-4-13-27-45)46-28-14-5-15-29-46/h1-4,6-14,16-39H,5,15H2. The van der Waals surface area contributed by atoms with Gasteiger partial charge in [-0.2, -0.15) is 0 Å². The van der Waals surface area contributed by atoms with E-state index in [1.54, 1.807) is 0 Å². The Morgan fingerprint density at radius 3 is 1.23 bits per heavy atom. The van der Waals surface area contributed by atoms with Crippen molar-refractivity contribution in [2.45, 2.75) is 23.7 Å². The molecule has 0 fully saturated rings. The van der Waals surface area contributed by atoms with E-state index in [9.17, 15) is 0 Å². The quantitative estimate of drug-likeness (QED) is 0.161. The predicted molar refractivity (Wildman–Crippen MR) is 252 cm³/mol. The Morgan fingerprint density at radius 1 is 0.323 bits per heavy atom. The van der Waals surface area contributed by atoms with E-state index in [1.165, 1.54) is 66.8 Å². The molecule has 292 valence electrons. The lowest BCUT2D eigenvalue weighted by atomic mass is 9.66. The molecule has 12 rings (SSSR count). The van der Waals surface area contributed by atoms with Crippen LogP contribution in [0.2, 0.25) is 0 Å². The van der Waals surface area contributed by atoms with Gasteiger partial charge in [0.15, 0.2) is 17.5 Å². The maximum Gasteiger partial charge on any atom is 0.164 e. The van der Waals surface area contributed by atoms with Gasteiger partial charge in [0.2, 0.25) is 0 Å². The van der Waals surface area contributed by atoms with Gasteiger partial charge >= 0.3 is 0 Å². The van der Waals surface area contributed by atoms with Crippen molar-refractivity contribution in [2.24, 2.45) is 0 Å². The number of aromatic nitrogens is 3. The zero-order valence-electron chi connectivity index (χ0n) is 34.1. The van der Waals surface area contributed by atoms with E-state index in [1.807, 2.05) is 18.2 Å². The van der Waals surface area contributed by atoms with Crippen molar-refractivity contribution in [3.63, 3.8) is 0 Å². The van der Waals surface area contributed by atoms with E-state index >= 15 is 0 Å². The Balaban J connectivity index is 1.09. The van der Waals surface area contributed by atoms with E-state index < -0.39 is 10.8 Å². The molecule has 1 atom stereocenters. The first-order valence-electron chi connectivity index (χ1n) is 21.6. The first-order chi connectivity index (χ1) is 30.7. The van der Waals surface area contributed by atoms with Gasteiger partial charge in [0.25, 0.3) is 0 Å². The van der Waals surface area contributed by atoms with Crippen molar-refractivity contribution in [1.82, 2.24) is 15.0 Å². The lowest BCUT2D eigenvalue weighted by Gasteiger charge is -2.35. The highest BCUT2D eigenvalue weighted by Crippen LogP contribution is 2.59. The van der Waals surface area contributed by atoms with E-state index in [2.05, 4.69) is 206 Å². The van der Waals surface area contributed by atoms with Gasteiger partial charge < -0.3 is 0 Å². The third-order valence-corrected chi connectivity index (χ3v) is 13.3. The van der Waals surface area contributed by atoms with E-state index in [4.69, 9.17) is 15.0 Å². The van der Waals surface area contributed by atoms with Gasteiger partial charge in [0.1, 0.15) is 0 Å². The summed E-state index contributed by atoms with van der Waals surface area (Å²) in [4.78, 5) is 16.0. The van der Waals surface area contributed by atoms with Crippen LogP contribution in [0.5, 0.6) is 0 Å². The minimum atomic E-state index is -0.541. The summed E-state index contributed by atoms with van der Waals surface area (Å²) in [6.07, 6.45) is 9.17. The maximum absolute atomic E-state index is 5.42. The van der Waals surface area contributed by atoms with Crippen LogP contribution >= 0.6 is 0 Å². The lowest BCUT2D eigenvalue weighted by molar-refractivity contribution is 0.751. The van der Waals surface area contributed by atoms with Gasteiger partial charge in [-0.3, -0.25) is 0 Å². The summed E-state index contributed by atoms with van der Waals surface area (Å²) in [5.74, 6) is 1.92. The number of nitrogens with zero attached hydrogens (tertiary/aromatic N) is 3. The molecule has 0 saturated carbocycles. The second-order valence-electron chi connectivity index (χ2n) is 16.5. The highest BCUT2D eigenvalue weighted by Gasteiger charge is 2.48. The van der Waals surface area contributed by atoms with Crippen molar-refractivity contribution in [1.29, 1.82) is 0 Å². The van der Waals surface area contributed by atoms with Gasteiger partial charge in [0.05, 0.1) is 10.8 Å². The molecule has 0 spiro atoms. The zero-order chi connectivity index (χ0) is 41.1. The second kappa shape index (κ2) is 14.5. The Labute approximate surface area is 362 Å². The highest BCUT2D eigenvalue weighted by atomic mass is 15.0. The van der Waals surface area contributed by atoms with Crippen molar-refractivity contribution >= 4 is 0 Å². The molecule has 3 nitrogen and oxygen atoms in total.